The molecule has 1 aromatic carbocycles. The maximum absolute atomic E-state index is 14.4. The standard InChI is InChI=1S/C31H36O7/c1-15-14-29(4)17(3)30(5)20(13-22(34)18-9-6-7-10-18)19-11-8-12-21(33)24(19)26(35)25(30)28(37)31(29,38)27(36)23(15)16(2)32/h8,11-12,17-18,20,33,35,38H,6-7,9-10,13-14H2,1-5H3/t17-,20+,29-,30-,31-/m0/s1. The number of aromatic hydroxyl groups is 1. The summed E-state index contributed by atoms with van der Waals surface area (Å²) in [4.78, 5) is 54.1. The Hall–Kier alpha value is -3.06. The number of hydrogen-bond donors (Lipinski definition) is 3. The van der Waals surface area contributed by atoms with E-state index in [1.165, 1.54) is 13.0 Å². The second kappa shape index (κ2) is 8.47. The van der Waals surface area contributed by atoms with Gasteiger partial charge in [-0.05, 0) is 50.7 Å². The summed E-state index contributed by atoms with van der Waals surface area (Å²) in [5, 5.41) is 34.4. The molecule has 202 valence electrons. The van der Waals surface area contributed by atoms with Crippen LogP contribution in [0, 0.1) is 22.7 Å². The molecule has 4 aliphatic rings. The van der Waals surface area contributed by atoms with E-state index in [2.05, 4.69) is 0 Å². The molecule has 5 rings (SSSR count). The van der Waals surface area contributed by atoms with Crippen molar-refractivity contribution in [2.45, 2.75) is 84.7 Å². The van der Waals surface area contributed by atoms with Crippen molar-refractivity contribution in [2.24, 2.45) is 22.7 Å². The number of aliphatic hydroxyl groups excluding tert-OH is 1. The second-order valence-corrected chi connectivity index (χ2v) is 12.3. The van der Waals surface area contributed by atoms with Crippen LogP contribution in [0.3, 0.4) is 0 Å². The topological polar surface area (TPSA) is 129 Å². The summed E-state index contributed by atoms with van der Waals surface area (Å²) < 4.78 is 0. The van der Waals surface area contributed by atoms with Gasteiger partial charge in [-0.25, -0.2) is 0 Å². The molecule has 1 aromatic rings. The molecule has 0 aromatic heterocycles. The van der Waals surface area contributed by atoms with E-state index in [-0.39, 0.29) is 47.0 Å². The maximum atomic E-state index is 14.4. The van der Waals surface area contributed by atoms with Gasteiger partial charge in [-0.15, -0.1) is 0 Å². The minimum atomic E-state index is -2.57. The minimum absolute atomic E-state index is 0.0544. The van der Waals surface area contributed by atoms with E-state index in [4.69, 9.17) is 0 Å². The van der Waals surface area contributed by atoms with Crippen LogP contribution in [-0.2, 0) is 19.2 Å². The van der Waals surface area contributed by atoms with Crippen molar-refractivity contribution in [3.63, 3.8) is 0 Å². The summed E-state index contributed by atoms with van der Waals surface area (Å²) in [6, 6.07) is 4.83. The largest absolute Gasteiger partial charge is 0.507 e. The first-order chi connectivity index (χ1) is 17.7. The van der Waals surface area contributed by atoms with Gasteiger partial charge in [0, 0.05) is 34.7 Å². The van der Waals surface area contributed by atoms with Crippen molar-refractivity contribution in [1.29, 1.82) is 0 Å². The highest BCUT2D eigenvalue weighted by molar-refractivity contribution is 6.33. The van der Waals surface area contributed by atoms with Gasteiger partial charge in [-0.1, -0.05) is 51.3 Å². The molecule has 0 bridgehead atoms. The molecule has 0 amide bonds. The minimum Gasteiger partial charge on any atom is -0.507 e. The Balaban J connectivity index is 1.78. The second-order valence-electron chi connectivity index (χ2n) is 12.3. The molecule has 4 aliphatic carbocycles. The van der Waals surface area contributed by atoms with Crippen molar-refractivity contribution in [2.75, 3.05) is 0 Å². The number of hydrogen-bond acceptors (Lipinski definition) is 7. The van der Waals surface area contributed by atoms with E-state index in [9.17, 15) is 34.5 Å². The number of Topliss-reactive ketones (excluding diaryl/α,β-unsaturated/α-hetero) is 4. The number of carbonyl (C=O) groups excluding carboxylic acids is 4. The number of carbonyl (C=O) groups is 4. The van der Waals surface area contributed by atoms with E-state index in [0.717, 1.165) is 25.7 Å². The highest BCUT2D eigenvalue weighted by atomic mass is 16.3. The smallest absolute Gasteiger partial charge is 0.206 e. The number of allylic oxidation sites excluding steroid dienone is 1. The fourth-order valence-electron chi connectivity index (χ4n) is 8.32. The van der Waals surface area contributed by atoms with Crippen LogP contribution in [0.5, 0.6) is 5.75 Å². The molecule has 7 heteroatoms. The Morgan fingerprint density at radius 1 is 1.05 bits per heavy atom. The lowest BCUT2D eigenvalue weighted by Gasteiger charge is -2.62. The number of fused-ring (bicyclic) bond motifs is 3. The van der Waals surface area contributed by atoms with E-state index in [1.807, 2.05) is 13.8 Å². The van der Waals surface area contributed by atoms with Gasteiger partial charge in [0.1, 0.15) is 17.3 Å². The number of ketones is 4. The van der Waals surface area contributed by atoms with Crippen molar-refractivity contribution in [3.8, 4) is 5.75 Å². The fraction of sp³-hybridized carbons (Fsp3) is 0.548. The van der Waals surface area contributed by atoms with Crippen molar-refractivity contribution in [1.82, 2.24) is 0 Å². The van der Waals surface area contributed by atoms with Gasteiger partial charge in [0.15, 0.2) is 11.4 Å². The van der Waals surface area contributed by atoms with Gasteiger partial charge in [-0.3, -0.25) is 19.2 Å². The van der Waals surface area contributed by atoms with Crippen LogP contribution in [0.1, 0.15) is 90.2 Å². The van der Waals surface area contributed by atoms with Gasteiger partial charge < -0.3 is 15.3 Å². The van der Waals surface area contributed by atoms with E-state index in [1.54, 1.807) is 26.0 Å². The Kier molecular flexibility index (Phi) is 5.92. The van der Waals surface area contributed by atoms with Crippen LogP contribution in [0.15, 0.2) is 34.9 Å². The molecule has 0 unspecified atom stereocenters. The first-order valence-electron chi connectivity index (χ1n) is 13.5. The van der Waals surface area contributed by atoms with E-state index >= 15 is 0 Å². The van der Waals surface area contributed by atoms with E-state index < -0.39 is 51.4 Å². The zero-order valence-electron chi connectivity index (χ0n) is 22.7. The molecule has 0 heterocycles. The molecule has 3 N–H and O–H groups in total. The Morgan fingerprint density at radius 3 is 2.29 bits per heavy atom. The molecular weight excluding hydrogens is 484 g/mol. The van der Waals surface area contributed by atoms with Gasteiger partial charge in [0.2, 0.25) is 11.6 Å². The third-order valence-electron chi connectivity index (χ3n) is 10.6. The molecular formula is C31H36O7. The lowest BCUT2D eigenvalue weighted by Crippen LogP contribution is -2.71. The molecule has 0 aliphatic heterocycles. The van der Waals surface area contributed by atoms with Crippen LogP contribution in [-0.4, -0.2) is 44.1 Å². The average Bonchev–Trinajstić information content (AvgIpc) is 3.38. The fourth-order valence-corrected chi connectivity index (χ4v) is 8.32. The van der Waals surface area contributed by atoms with Crippen LogP contribution >= 0.6 is 0 Å². The number of phenols is 1. The highest BCUT2D eigenvalue weighted by Crippen LogP contribution is 2.68. The average molecular weight is 521 g/mol. The Labute approximate surface area is 222 Å². The van der Waals surface area contributed by atoms with E-state index in [0.29, 0.717) is 11.1 Å². The summed E-state index contributed by atoms with van der Waals surface area (Å²) in [7, 11) is 0. The zero-order chi connectivity index (χ0) is 27.9. The summed E-state index contributed by atoms with van der Waals surface area (Å²) in [6.45, 7) is 8.29. The Bertz CT molecular complexity index is 1360. The maximum Gasteiger partial charge on any atom is 0.206 e. The molecule has 2 fully saturated rings. The summed E-state index contributed by atoms with van der Waals surface area (Å²) in [5.41, 5.74) is -4.19. The summed E-state index contributed by atoms with van der Waals surface area (Å²) >= 11 is 0. The first kappa shape index (κ1) is 26.5. The Morgan fingerprint density at radius 2 is 1.68 bits per heavy atom. The van der Waals surface area contributed by atoms with Crippen LogP contribution in [0.2, 0.25) is 0 Å². The van der Waals surface area contributed by atoms with Gasteiger partial charge >= 0.3 is 0 Å². The molecule has 0 radical (unpaired) electrons. The SMILES string of the molecule is CC(=O)C1=C(C)C[C@@]2(C)[C@H](C)[C@]3(C)C(=C(O)c4c(O)cccc4[C@H]3CC(=O)C3CCCC3)C(=O)[C@@]2(O)C1=O. The molecule has 0 spiro atoms. The number of benzene rings is 1. The normalized spacial score (nSPS) is 35.2. The number of rotatable bonds is 4. The summed E-state index contributed by atoms with van der Waals surface area (Å²) in [5.74, 6) is -4.28. The first-order valence-corrected chi connectivity index (χ1v) is 13.5. The molecule has 5 atom stereocenters. The molecule has 2 saturated carbocycles. The van der Waals surface area contributed by atoms with Crippen LogP contribution < -0.4 is 0 Å². The van der Waals surface area contributed by atoms with Crippen molar-refractivity contribution < 1.29 is 34.5 Å². The third kappa shape index (κ3) is 3.11. The monoisotopic (exact) mass is 520 g/mol. The van der Waals surface area contributed by atoms with Crippen molar-refractivity contribution >= 4 is 28.9 Å². The zero-order valence-corrected chi connectivity index (χ0v) is 22.7. The van der Waals surface area contributed by atoms with Crippen LogP contribution in [0.25, 0.3) is 5.76 Å². The lowest BCUT2D eigenvalue weighted by atomic mass is 9.40. The molecule has 38 heavy (non-hydrogen) atoms. The predicted octanol–water partition coefficient (Wildman–Crippen LogP) is 4.75. The number of aliphatic hydroxyl groups is 2. The van der Waals surface area contributed by atoms with Crippen LogP contribution in [0.4, 0.5) is 0 Å². The van der Waals surface area contributed by atoms with Crippen molar-refractivity contribution in [3.05, 3.63) is 46.0 Å². The van der Waals surface area contributed by atoms with Gasteiger partial charge in [0.05, 0.1) is 11.1 Å². The van der Waals surface area contributed by atoms with Gasteiger partial charge in [-0.2, -0.15) is 0 Å². The quantitative estimate of drug-likeness (QED) is 0.386. The predicted molar refractivity (Wildman–Crippen MR) is 140 cm³/mol. The number of phenolic OH excluding ortho intramolecular Hbond substituents is 1. The molecule has 0 saturated heterocycles. The molecule has 7 nitrogen and oxygen atoms in total. The third-order valence-corrected chi connectivity index (χ3v) is 10.6. The highest BCUT2D eigenvalue weighted by Gasteiger charge is 2.73. The lowest BCUT2D eigenvalue weighted by molar-refractivity contribution is -0.183. The summed E-state index contributed by atoms with van der Waals surface area (Å²) in [6.07, 6.45) is 3.88. The van der Waals surface area contributed by atoms with Gasteiger partial charge in [0.25, 0.3) is 0 Å².